The average molecular weight is 183 g/mol. The molecule has 2 N–H and O–H groups in total. The molecule has 0 radical (unpaired) electrons. The minimum absolute atomic E-state index is 0.196. The summed E-state index contributed by atoms with van der Waals surface area (Å²) in [7, 11) is 3.58. The van der Waals surface area contributed by atoms with Crippen LogP contribution in [0.5, 0.6) is 0 Å². The molecule has 1 atom stereocenters. The van der Waals surface area contributed by atoms with Gasteiger partial charge in [0.2, 0.25) is 0 Å². The molecule has 0 fully saturated rings. The summed E-state index contributed by atoms with van der Waals surface area (Å²) in [5.41, 5.74) is 6.47. The largest absolute Gasteiger partial charge is 0.377 e. The molecule has 1 rings (SSSR count). The van der Waals surface area contributed by atoms with Crippen LogP contribution < -0.4 is 5.73 Å². The third-order valence-corrected chi connectivity index (χ3v) is 2.32. The standard InChI is InChI=1S/C9H17N3O/c1-9(2,13-4)8(10)7-5-12(3)6-11-7/h5-6,8H,10H2,1-4H3. The van der Waals surface area contributed by atoms with Crippen molar-refractivity contribution in [3.63, 3.8) is 0 Å². The predicted octanol–water partition coefficient (Wildman–Crippen LogP) is 0.845. The number of ether oxygens (including phenoxy) is 1. The lowest BCUT2D eigenvalue weighted by atomic mass is 9.97. The fourth-order valence-corrected chi connectivity index (χ4v) is 1.08. The second-order valence-corrected chi connectivity index (χ2v) is 3.75. The number of nitrogens with two attached hydrogens (primary N) is 1. The molecule has 74 valence electrons. The van der Waals surface area contributed by atoms with Crippen LogP contribution in [0.2, 0.25) is 0 Å². The zero-order valence-electron chi connectivity index (χ0n) is 8.61. The maximum atomic E-state index is 6.00. The van der Waals surface area contributed by atoms with Gasteiger partial charge in [-0.25, -0.2) is 4.98 Å². The summed E-state index contributed by atoms with van der Waals surface area (Å²) in [5, 5.41) is 0. The van der Waals surface area contributed by atoms with Gasteiger partial charge in [0.15, 0.2) is 0 Å². The zero-order chi connectivity index (χ0) is 10.1. The molecule has 1 aromatic heterocycles. The maximum Gasteiger partial charge on any atom is 0.0947 e. The van der Waals surface area contributed by atoms with E-state index in [1.165, 1.54) is 0 Å². The molecule has 0 bridgehead atoms. The van der Waals surface area contributed by atoms with Gasteiger partial charge in [0.1, 0.15) is 0 Å². The Hall–Kier alpha value is -0.870. The van der Waals surface area contributed by atoms with Crippen LogP contribution in [-0.4, -0.2) is 22.3 Å². The van der Waals surface area contributed by atoms with Crippen molar-refractivity contribution in [2.45, 2.75) is 25.5 Å². The lowest BCUT2D eigenvalue weighted by Gasteiger charge is -2.28. The van der Waals surface area contributed by atoms with Crippen molar-refractivity contribution in [3.8, 4) is 0 Å². The van der Waals surface area contributed by atoms with Crippen molar-refractivity contribution in [1.29, 1.82) is 0 Å². The summed E-state index contributed by atoms with van der Waals surface area (Å²) in [6, 6.07) is -0.196. The van der Waals surface area contributed by atoms with Crippen LogP contribution in [0, 0.1) is 0 Å². The molecular formula is C9H17N3O. The van der Waals surface area contributed by atoms with E-state index in [2.05, 4.69) is 4.98 Å². The number of hydrogen-bond donors (Lipinski definition) is 1. The molecule has 0 spiro atoms. The molecule has 0 amide bonds. The molecule has 0 aliphatic heterocycles. The molecule has 0 aliphatic carbocycles. The van der Waals surface area contributed by atoms with E-state index in [-0.39, 0.29) is 11.6 Å². The van der Waals surface area contributed by atoms with Gasteiger partial charge in [-0.3, -0.25) is 0 Å². The van der Waals surface area contributed by atoms with Crippen molar-refractivity contribution < 1.29 is 4.74 Å². The summed E-state index contributed by atoms with van der Waals surface area (Å²) >= 11 is 0. The molecule has 1 heterocycles. The monoisotopic (exact) mass is 183 g/mol. The fourth-order valence-electron chi connectivity index (χ4n) is 1.08. The molecule has 0 aromatic carbocycles. The quantitative estimate of drug-likeness (QED) is 0.755. The fraction of sp³-hybridized carbons (Fsp3) is 0.667. The smallest absolute Gasteiger partial charge is 0.0947 e. The molecular weight excluding hydrogens is 166 g/mol. The van der Waals surface area contributed by atoms with Crippen molar-refractivity contribution in [2.24, 2.45) is 12.8 Å². The van der Waals surface area contributed by atoms with E-state index in [1.807, 2.05) is 31.7 Å². The summed E-state index contributed by atoms with van der Waals surface area (Å²) in [5.74, 6) is 0. The van der Waals surface area contributed by atoms with Gasteiger partial charge in [-0.15, -0.1) is 0 Å². The second kappa shape index (κ2) is 3.47. The van der Waals surface area contributed by atoms with Crippen LogP contribution in [0.15, 0.2) is 12.5 Å². The molecule has 13 heavy (non-hydrogen) atoms. The van der Waals surface area contributed by atoms with E-state index in [1.54, 1.807) is 13.4 Å². The normalized spacial score (nSPS) is 14.5. The number of imidazole rings is 1. The first-order chi connectivity index (χ1) is 5.97. The number of aryl methyl sites for hydroxylation is 1. The Labute approximate surface area is 78.7 Å². The summed E-state index contributed by atoms with van der Waals surface area (Å²) < 4.78 is 7.16. The number of aromatic nitrogens is 2. The molecule has 4 nitrogen and oxygen atoms in total. The van der Waals surface area contributed by atoms with Crippen molar-refractivity contribution >= 4 is 0 Å². The van der Waals surface area contributed by atoms with Crippen LogP contribution >= 0.6 is 0 Å². The first kappa shape index (κ1) is 10.2. The second-order valence-electron chi connectivity index (χ2n) is 3.75. The maximum absolute atomic E-state index is 6.00. The van der Waals surface area contributed by atoms with E-state index in [0.29, 0.717) is 0 Å². The number of nitrogens with zero attached hydrogens (tertiary/aromatic N) is 2. The summed E-state index contributed by atoms with van der Waals surface area (Å²) in [6.45, 7) is 3.90. The van der Waals surface area contributed by atoms with Crippen LogP contribution in [0.4, 0.5) is 0 Å². The third kappa shape index (κ3) is 2.08. The predicted molar refractivity (Wildman–Crippen MR) is 51.2 cm³/mol. The highest BCUT2D eigenvalue weighted by molar-refractivity contribution is 5.07. The minimum Gasteiger partial charge on any atom is -0.377 e. The van der Waals surface area contributed by atoms with Gasteiger partial charge < -0.3 is 15.0 Å². The highest BCUT2D eigenvalue weighted by Gasteiger charge is 2.28. The topological polar surface area (TPSA) is 53.1 Å². The number of hydrogen-bond acceptors (Lipinski definition) is 3. The highest BCUT2D eigenvalue weighted by Crippen LogP contribution is 2.24. The SMILES string of the molecule is COC(C)(C)C(N)c1cn(C)cn1. The van der Waals surface area contributed by atoms with Crippen molar-refractivity contribution in [3.05, 3.63) is 18.2 Å². The van der Waals surface area contributed by atoms with E-state index in [0.717, 1.165) is 5.69 Å². The summed E-state index contributed by atoms with van der Waals surface area (Å²) in [6.07, 6.45) is 3.65. The lowest BCUT2D eigenvalue weighted by Crippen LogP contribution is -2.37. The van der Waals surface area contributed by atoms with Crippen molar-refractivity contribution in [2.75, 3.05) is 7.11 Å². The number of rotatable bonds is 3. The van der Waals surface area contributed by atoms with Crippen LogP contribution in [0.1, 0.15) is 25.6 Å². The van der Waals surface area contributed by atoms with Crippen LogP contribution in [-0.2, 0) is 11.8 Å². The summed E-state index contributed by atoms with van der Waals surface area (Å²) in [4.78, 5) is 4.19. The first-order valence-electron chi connectivity index (χ1n) is 4.26. The third-order valence-electron chi connectivity index (χ3n) is 2.32. The van der Waals surface area contributed by atoms with E-state index in [4.69, 9.17) is 10.5 Å². The number of methoxy groups -OCH3 is 1. The van der Waals surface area contributed by atoms with Gasteiger partial charge in [-0.2, -0.15) is 0 Å². The Bertz CT molecular complexity index is 280. The Morgan fingerprint density at radius 2 is 2.23 bits per heavy atom. The molecule has 0 saturated carbocycles. The Morgan fingerprint density at radius 1 is 1.62 bits per heavy atom. The zero-order valence-corrected chi connectivity index (χ0v) is 8.61. The van der Waals surface area contributed by atoms with Gasteiger partial charge in [0.05, 0.1) is 23.7 Å². The van der Waals surface area contributed by atoms with Crippen molar-refractivity contribution in [1.82, 2.24) is 9.55 Å². The van der Waals surface area contributed by atoms with E-state index in [9.17, 15) is 0 Å². The Morgan fingerprint density at radius 3 is 2.62 bits per heavy atom. The molecule has 1 unspecified atom stereocenters. The van der Waals surface area contributed by atoms with E-state index < -0.39 is 0 Å². The highest BCUT2D eigenvalue weighted by atomic mass is 16.5. The first-order valence-corrected chi connectivity index (χ1v) is 4.26. The molecule has 1 aromatic rings. The lowest BCUT2D eigenvalue weighted by molar-refractivity contribution is -0.00100. The average Bonchev–Trinajstić information content (AvgIpc) is 2.50. The Kier molecular flexibility index (Phi) is 2.73. The van der Waals surface area contributed by atoms with Gasteiger partial charge in [0, 0.05) is 20.4 Å². The van der Waals surface area contributed by atoms with Gasteiger partial charge in [-0.05, 0) is 13.8 Å². The van der Waals surface area contributed by atoms with Gasteiger partial charge >= 0.3 is 0 Å². The Balaban J connectivity index is 2.84. The van der Waals surface area contributed by atoms with E-state index >= 15 is 0 Å². The molecule has 4 heteroatoms. The van der Waals surface area contributed by atoms with Crippen LogP contribution in [0.25, 0.3) is 0 Å². The molecule has 0 aliphatic rings. The van der Waals surface area contributed by atoms with Crippen LogP contribution in [0.3, 0.4) is 0 Å². The minimum atomic E-state index is -0.381. The molecule has 0 saturated heterocycles. The van der Waals surface area contributed by atoms with Gasteiger partial charge in [0.25, 0.3) is 0 Å². The van der Waals surface area contributed by atoms with Gasteiger partial charge in [-0.1, -0.05) is 0 Å².